The molecule has 5 rings (SSSR count). The molecule has 2 atom stereocenters. The van der Waals surface area contributed by atoms with Gasteiger partial charge in [0.2, 0.25) is 0 Å². The van der Waals surface area contributed by atoms with Gasteiger partial charge in [0, 0.05) is 30.8 Å². The van der Waals surface area contributed by atoms with E-state index in [1.54, 1.807) is 18.1 Å². The average molecular weight is 538 g/mol. The van der Waals surface area contributed by atoms with Crippen LogP contribution < -0.4 is 10.5 Å². The Morgan fingerprint density at radius 2 is 1.57 bits per heavy atom. The van der Waals surface area contributed by atoms with E-state index in [4.69, 9.17) is 24.9 Å². The van der Waals surface area contributed by atoms with Gasteiger partial charge in [-0.2, -0.15) is 0 Å². The number of likely N-dealkylation sites (tertiary alicyclic amines) is 1. The molecule has 8 nitrogen and oxygen atoms in total. The number of carbonyl (C=O) groups excluding carboxylic acids is 2. The van der Waals surface area contributed by atoms with Crippen LogP contribution in [-0.4, -0.2) is 48.2 Å². The Morgan fingerprint density at radius 3 is 2.25 bits per heavy atom. The van der Waals surface area contributed by atoms with Gasteiger partial charge in [-0.1, -0.05) is 48.5 Å². The predicted octanol–water partition coefficient (Wildman–Crippen LogP) is 5.78. The summed E-state index contributed by atoms with van der Waals surface area (Å²) in [6.07, 6.45) is -0.0372. The van der Waals surface area contributed by atoms with E-state index in [2.05, 4.69) is 0 Å². The van der Waals surface area contributed by atoms with Gasteiger partial charge in [-0.25, -0.2) is 4.79 Å². The molecule has 2 N–H and O–H groups in total. The Labute approximate surface area is 233 Å². The lowest BCUT2D eigenvalue weighted by Gasteiger charge is -2.37. The summed E-state index contributed by atoms with van der Waals surface area (Å²) in [7, 11) is 1.63. The quantitative estimate of drug-likeness (QED) is 0.306. The molecule has 0 spiro atoms. The normalized spacial score (nSPS) is 16.8. The first kappa shape index (κ1) is 26.9. The Morgan fingerprint density at radius 1 is 0.900 bits per heavy atom. The van der Waals surface area contributed by atoms with Gasteiger partial charge >= 0.3 is 6.09 Å². The molecule has 1 saturated heterocycles. The van der Waals surface area contributed by atoms with Crippen LogP contribution in [0.15, 0.2) is 97.1 Å². The van der Waals surface area contributed by atoms with Gasteiger partial charge in [0.25, 0.3) is 5.91 Å². The van der Waals surface area contributed by atoms with E-state index in [-0.39, 0.29) is 24.7 Å². The highest BCUT2D eigenvalue weighted by molar-refractivity contribution is 5.98. The number of carbonyl (C=O) groups is 2. The van der Waals surface area contributed by atoms with E-state index in [9.17, 15) is 9.59 Å². The zero-order chi connectivity index (χ0) is 27.9. The third-order valence-electron chi connectivity index (χ3n) is 6.99. The molecule has 2 amide bonds. The molecule has 1 aromatic heterocycles. The highest BCUT2D eigenvalue weighted by Gasteiger charge is 2.34. The second-order valence-corrected chi connectivity index (χ2v) is 9.59. The maximum absolute atomic E-state index is 12.7. The molecule has 1 aliphatic rings. The van der Waals surface area contributed by atoms with Crippen LogP contribution in [0.4, 0.5) is 4.79 Å². The van der Waals surface area contributed by atoms with Crippen LogP contribution in [0.5, 0.6) is 11.5 Å². The first-order valence-corrected chi connectivity index (χ1v) is 13.1. The molecule has 8 heteroatoms. The molecule has 0 saturated carbocycles. The van der Waals surface area contributed by atoms with E-state index < -0.39 is 5.91 Å². The molecule has 0 aliphatic carbocycles. The van der Waals surface area contributed by atoms with Crippen molar-refractivity contribution in [1.82, 2.24) is 9.88 Å². The average Bonchev–Trinajstić information content (AvgIpc) is 3.00. The van der Waals surface area contributed by atoms with Crippen molar-refractivity contribution in [3.05, 3.63) is 114 Å². The number of hydrogen-bond acceptors (Lipinski definition) is 6. The third kappa shape index (κ3) is 6.30. The van der Waals surface area contributed by atoms with Crippen molar-refractivity contribution in [3.8, 4) is 22.8 Å². The summed E-state index contributed by atoms with van der Waals surface area (Å²) in [5.74, 6) is 0.759. The Bertz CT molecular complexity index is 1440. The van der Waals surface area contributed by atoms with Crippen molar-refractivity contribution in [2.24, 2.45) is 5.73 Å². The summed E-state index contributed by atoms with van der Waals surface area (Å²) < 4.78 is 17.2. The number of ether oxygens (including phenoxy) is 3. The second kappa shape index (κ2) is 12.4. The lowest BCUT2D eigenvalue weighted by atomic mass is 9.89. The van der Waals surface area contributed by atoms with Crippen LogP contribution in [0.3, 0.4) is 0 Å². The van der Waals surface area contributed by atoms with E-state index in [1.807, 2.05) is 91.0 Å². The minimum absolute atomic E-state index is 0.0791. The first-order valence-electron chi connectivity index (χ1n) is 13.1. The molecule has 204 valence electrons. The van der Waals surface area contributed by atoms with E-state index in [0.717, 1.165) is 22.6 Å². The maximum Gasteiger partial charge on any atom is 0.410 e. The number of benzene rings is 3. The van der Waals surface area contributed by atoms with Crippen LogP contribution >= 0.6 is 0 Å². The standard InChI is InChI=1S/C32H31N3O5/c1-38-29-20-35(32(37)39-21-22-8-4-2-5-9-22)19-18-26(29)28-17-16-27(31(33)36)30(34-28)23-12-14-25(15-13-23)40-24-10-6-3-7-11-24/h2-17,26,29H,18-21H2,1H3,(H2,33,36). The molecule has 40 heavy (non-hydrogen) atoms. The fourth-order valence-corrected chi connectivity index (χ4v) is 4.88. The van der Waals surface area contributed by atoms with Crippen LogP contribution in [0, 0.1) is 0 Å². The number of amides is 2. The minimum Gasteiger partial charge on any atom is -0.457 e. The zero-order valence-corrected chi connectivity index (χ0v) is 22.2. The van der Waals surface area contributed by atoms with Crippen molar-refractivity contribution in [2.45, 2.75) is 25.0 Å². The number of aromatic nitrogens is 1. The summed E-state index contributed by atoms with van der Waals surface area (Å²) in [6.45, 7) is 1.08. The number of hydrogen-bond donors (Lipinski definition) is 1. The lowest BCUT2D eigenvalue weighted by molar-refractivity contribution is 0.00792. The molecule has 4 aromatic rings. The molecule has 2 heterocycles. The van der Waals surface area contributed by atoms with Crippen LogP contribution in [0.1, 0.15) is 34.0 Å². The number of piperidine rings is 1. The SMILES string of the molecule is COC1CN(C(=O)OCc2ccccc2)CCC1c1ccc(C(N)=O)c(-c2ccc(Oc3ccccc3)cc2)n1. The molecule has 1 aliphatic heterocycles. The van der Waals surface area contributed by atoms with Crippen molar-refractivity contribution >= 4 is 12.0 Å². The summed E-state index contributed by atoms with van der Waals surface area (Å²) in [4.78, 5) is 31.6. The summed E-state index contributed by atoms with van der Waals surface area (Å²) in [5.41, 5.74) is 8.97. The Hall–Kier alpha value is -4.69. The number of rotatable bonds is 8. The first-order chi connectivity index (χ1) is 19.5. The van der Waals surface area contributed by atoms with Crippen molar-refractivity contribution < 1.29 is 23.8 Å². The van der Waals surface area contributed by atoms with Crippen LogP contribution in [-0.2, 0) is 16.1 Å². The van der Waals surface area contributed by atoms with Crippen molar-refractivity contribution in [2.75, 3.05) is 20.2 Å². The van der Waals surface area contributed by atoms with Gasteiger partial charge in [0.15, 0.2) is 0 Å². The highest BCUT2D eigenvalue weighted by atomic mass is 16.6. The van der Waals surface area contributed by atoms with Crippen LogP contribution in [0.25, 0.3) is 11.3 Å². The lowest BCUT2D eigenvalue weighted by Crippen LogP contribution is -2.46. The van der Waals surface area contributed by atoms with Gasteiger partial charge in [-0.15, -0.1) is 0 Å². The van der Waals surface area contributed by atoms with Gasteiger partial charge in [0.1, 0.15) is 18.1 Å². The van der Waals surface area contributed by atoms with E-state index in [0.29, 0.717) is 36.5 Å². The van der Waals surface area contributed by atoms with E-state index >= 15 is 0 Å². The zero-order valence-electron chi connectivity index (χ0n) is 22.2. The smallest absolute Gasteiger partial charge is 0.410 e. The third-order valence-corrected chi connectivity index (χ3v) is 6.99. The Kier molecular flexibility index (Phi) is 8.37. The molecular formula is C32H31N3O5. The largest absolute Gasteiger partial charge is 0.457 e. The van der Waals surface area contributed by atoms with Crippen molar-refractivity contribution in [1.29, 1.82) is 0 Å². The molecular weight excluding hydrogens is 506 g/mol. The molecule has 0 radical (unpaired) electrons. The molecule has 1 fully saturated rings. The number of methoxy groups -OCH3 is 1. The van der Waals surface area contributed by atoms with Gasteiger partial charge in [-0.3, -0.25) is 9.78 Å². The highest BCUT2D eigenvalue weighted by Crippen LogP contribution is 2.33. The predicted molar refractivity (Wildman–Crippen MR) is 151 cm³/mol. The number of para-hydroxylation sites is 1. The van der Waals surface area contributed by atoms with Crippen molar-refractivity contribution in [3.63, 3.8) is 0 Å². The van der Waals surface area contributed by atoms with Gasteiger partial charge in [-0.05, 0) is 60.5 Å². The molecule has 3 aromatic carbocycles. The fraction of sp³-hybridized carbons (Fsp3) is 0.219. The maximum atomic E-state index is 12.7. The number of nitrogens with zero attached hydrogens (tertiary/aromatic N) is 2. The fourth-order valence-electron chi connectivity index (χ4n) is 4.88. The topological polar surface area (TPSA) is 104 Å². The Balaban J connectivity index is 1.31. The summed E-state index contributed by atoms with van der Waals surface area (Å²) >= 11 is 0. The minimum atomic E-state index is -0.557. The summed E-state index contributed by atoms with van der Waals surface area (Å²) in [5, 5.41) is 0. The molecule has 0 bridgehead atoms. The van der Waals surface area contributed by atoms with Gasteiger partial charge < -0.3 is 24.8 Å². The van der Waals surface area contributed by atoms with Gasteiger partial charge in [0.05, 0.1) is 23.9 Å². The second-order valence-electron chi connectivity index (χ2n) is 9.59. The summed E-state index contributed by atoms with van der Waals surface area (Å²) in [6, 6.07) is 30.0. The molecule has 2 unspecified atom stereocenters. The number of pyridine rings is 1. The number of nitrogens with two attached hydrogens (primary N) is 1. The monoisotopic (exact) mass is 537 g/mol. The number of primary amides is 1. The van der Waals surface area contributed by atoms with Crippen LogP contribution in [0.2, 0.25) is 0 Å². The van der Waals surface area contributed by atoms with E-state index in [1.165, 1.54) is 0 Å².